The molecular formula is C15H29N5O3S. The third-order valence-corrected chi connectivity index (χ3v) is 6.34. The molecule has 0 atom stereocenters. The summed E-state index contributed by atoms with van der Waals surface area (Å²) < 4.78 is 33.4. The number of hydrogen-bond donors (Lipinski definition) is 0. The lowest BCUT2D eigenvalue weighted by Gasteiger charge is -2.35. The van der Waals surface area contributed by atoms with Crippen LogP contribution in [0, 0.1) is 5.92 Å². The van der Waals surface area contributed by atoms with Crippen molar-refractivity contribution in [3.63, 3.8) is 0 Å². The minimum absolute atomic E-state index is 0.490. The van der Waals surface area contributed by atoms with Crippen LogP contribution in [0.15, 0.2) is 4.52 Å². The van der Waals surface area contributed by atoms with Gasteiger partial charge in [-0.25, -0.2) is 0 Å². The van der Waals surface area contributed by atoms with Crippen molar-refractivity contribution >= 4 is 10.2 Å². The van der Waals surface area contributed by atoms with Crippen molar-refractivity contribution in [2.24, 2.45) is 5.92 Å². The molecule has 8 nitrogen and oxygen atoms in total. The van der Waals surface area contributed by atoms with Crippen LogP contribution < -0.4 is 0 Å². The highest BCUT2D eigenvalue weighted by Gasteiger charge is 2.31. The Morgan fingerprint density at radius 1 is 1.17 bits per heavy atom. The molecule has 0 amide bonds. The van der Waals surface area contributed by atoms with Crippen LogP contribution in [0.3, 0.4) is 0 Å². The molecule has 1 aromatic heterocycles. The van der Waals surface area contributed by atoms with Crippen LogP contribution in [0.4, 0.5) is 0 Å². The highest BCUT2D eigenvalue weighted by atomic mass is 32.2. The molecule has 0 radical (unpaired) electrons. The van der Waals surface area contributed by atoms with Crippen molar-refractivity contribution in [3.8, 4) is 0 Å². The van der Waals surface area contributed by atoms with E-state index < -0.39 is 10.2 Å². The van der Waals surface area contributed by atoms with Gasteiger partial charge in [0.2, 0.25) is 5.89 Å². The molecule has 0 N–H and O–H groups in total. The van der Waals surface area contributed by atoms with Crippen molar-refractivity contribution in [1.82, 2.24) is 23.7 Å². The predicted molar refractivity (Wildman–Crippen MR) is 91.5 cm³/mol. The van der Waals surface area contributed by atoms with Crippen LogP contribution in [-0.4, -0.2) is 71.3 Å². The van der Waals surface area contributed by atoms with Crippen LogP contribution in [0.2, 0.25) is 0 Å². The lowest BCUT2D eigenvalue weighted by atomic mass is 10.1. The molecule has 1 saturated heterocycles. The van der Waals surface area contributed by atoms with Gasteiger partial charge in [0.15, 0.2) is 5.82 Å². The molecule has 9 heteroatoms. The zero-order chi connectivity index (χ0) is 17.7. The first-order chi connectivity index (χ1) is 11.4. The van der Waals surface area contributed by atoms with Crippen molar-refractivity contribution in [3.05, 3.63) is 11.7 Å². The number of aromatic nitrogens is 2. The summed E-state index contributed by atoms with van der Waals surface area (Å²) in [7, 11) is -3.34. The SMILES string of the molecule is CCN(CC)S(=O)(=O)N1CCN(Cc2nc(CC(C)C)no2)CC1. The molecule has 0 saturated carbocycles. The standard InChI is InChI=1S/C15H29N5O3S/c1-5-19(6-2)24(21,22)20-9-7-18(8-10-20)12-15-16-14(17-23-15)11-13(3)4/h13H,5-12H2,1-4H3. The van der Waals surface area contributed by atoms with E-state index in [0.29, 0.717) is 57.6 Å². The molecule has 138 valence electrons. The molecule has 1 aromatic rings. The maximum atomic E-state index is 12.5. The Morgan fingerprint density at radius 3 is 2.33 bits per heavy atom. The number of piperazine rings is 1. The largest absolute Gasteiger partial charge is 0.338 e. The minimum atomic E-state index is -3.34. The molecule has 0 aromatic carbocycles. The molecule has 0 unspecified atom stereocenters. The van der Waals surface area contributed by atoms with Gasteiger partial charge in [0.1, 0.15) is 0 Å². The van der Waals surface area contributed by atoms with Gasteiger partial charge in [0, 0.05) is 45.7 Å². The van der Waals surface area contributed by atoms with Gasteiger partial charge in [-0.2, -0.15) is 22.0 Å². The quantitative estimate of drug-likeness (QED) is 0.688. The second kappa shape index (κ2) is 8.37. The Bertz CT molecular complexity index is 604. The van der Waals surface area contributed by atoms with Gasteiger partial charge >= 0.3 is 0 Å². The molecule has 0 bridgehead atoms. The van der Waals surface area contributed by atoms with Crippen molar-refractivity contribution < 1.29 is 12.9 Å². The Kier molecular flexibility index (Phi) is 6.73. The minimum Gasteiger partial charge on any atom is -0.338 e. The third-order valence-electron chi connectivity index (χ3n) is 4.15. The van der Waals surface area contributed by atoms with Gasteiger partial charge < -0.3 is 4.52 Å². The summed E-state index contributed by atoms with van der Waals surface area (Å²) in [5, 5.41) is 4.00. The van der Waals surface area contributed by atoms with E-state index in [-0.39, 0.29) is 0 Å². The van der Waals surface area contributed by atoms with E-state index in [1.807, 2.05) is 13.8 Å². The summed E-state index contributed by atoms with van der Waals surface area (Å²) >= 11 is 0. The number of nitrogens with zero attached hydrogens (tertiary/aromatic N) is 5. The van der Waals surface area contributed by atoms with E-state index in [0.717, 1.165) is 12.2 Å². The maximum absolute atomic E-state index is 12.5. The molecule has 1 fully saturated rings. The maximum Gasteiger partial charge on any atom is 0.282 e. The smallest absolute Gasteiger partial charge is 0.282 e. The molecule has 1 aliphatic rings. The molecule has 2 rings (SSSR count). The average Bonchev–Trinajstić information content (AvgIpc) is 2.95. The monoisotopic (exact) mass is 359 g/mol. The fraction of sp³-hybridized carbons (Fsp3) is 0.867. The van der Waals surface area contributed by atoms with E-state index in [9.17, 15) is 8.42 Å². The number of rotatable bonds is 8. The number of hydrogen-bond acceptors (Lipinski definition) is 6. The second-order valence-electron chi connectivity index (χ2n) is 6.47. The summed E-state index contributed by atoms with van der Waals surface area (Å²) in [6, 6.07) is 0. The first kappa shape index (κ1) is 19.3. The summed E-state index contributed by atoms with van der Waals surface area (Å²) in [6.45, 7) is 11.9. The van der Waals surface area contributed by atoms with Gasteiger partial charge in [0.05, 0.1) is 6.54 Å². The third kappa shape index (κ3) is 4.75. The Morgan fingerprint density at radius 2 is 1.79 bits per heavy atom. The van der Waals surface area contributed by atoms with Gasteiger partial charge in [-0.1, -0.05) is 32.9 Å². The van der Waals surface area contributed by atoms with Gasteiger partial charge in [-0.3, -0.25) is 4.90 Å². The Balaban J connectivity index is 1.88. The van der Waals surface area contributed by atoms with Crippen LogP contribution in [-0.2, 0) is 23.2 Å². The van der Waals surface area contributed by atoms with E-state index in [2.05, 4.69) is 28.9 Å². The molecule has 2 heterocycles. The second-order valence-corrected chi connectivity index (χ2v) is 8.40. The van der Waals surface area contributed by atoms with E-state index >= 15 is 0 Å². The Labute approximate surface area is 145 Å². The van der Waals surface area contributed by atoms with Gasteiger partial charge in [-0.15, -0.1) is 0 Å². The van der Waals surface area contributed by atoms with Crippen molar-refractivity contribution in [1.29, 1.82) is 0 Å². The zero-order valence-corrected chi connectivity index (χ0v) is 15.9. The summed E-state index contributed by atoms with van der Waals surface area (Å²) in [6.07, 6.45) is 0.805. The molecule has 24 heavy (non-hydrogen) atoms. The zero-order valence-electron chi connectivity index (χ0n) is 15.1. The van der Waals surface area contributed by atoms with E-state index in [4.69, 9.17) is 4.52 Å². The lowest BCUT2D eigenvalue weighted by Crippen LogP contribution is -2.52. The topological polar surface area (TPSA) is 82.8 Å². The average molecular weight is 359 g/mol. The Hall–Kier alpha value is -1.03. The molecule has 0 aliphatic carbocycles. The highest BCUT2D eigenvalue weighted by molar-refractivity contribution is 7.86. The lowest BCUT2D eigenvalue weighted by molar-refractivity contribution is 0.158. The fourth-order valence-corrected chi connectivity index (χ4v) is 4.43. The van der Waals surface area contributed by atoms with E-state index in [1.54, 1.807) is 4.31 Å². The van der Waals surface area contributed by atoms with Gasteiger partial charge in [-0.05, 0) is 5.92 Å². The summed E-state index contributed by atoms with van der Waals surface area (Å²) in [5.74, 6) is 1.83. The normalized spacial score (nSPS) is 17.9. The van der Waals surface area contributed by atoms with Crippen LogP contribution in [0.5, 0.6) is 0 Å². The highest BCUT2D eigenvalue weighted by Crippen LogP contribution is 2.14. The molecule has 1 aliphatic heterocycles. The first-order valence-corrected chi connectivity index (χ1v) is 10.1. The van der Waals surface area contributed by atoms with E-state index in [1.165, 1.54) is 4.31 Å². The van der Waals surface area contributed by atoms with Crippen molar-refractivity contribution in [2.45, 2.75) is 40.7 Å². The first-order valence-electron chi connectivity index (χ1n) is 8.65. The summed E-state index contributed by atoms with van der Waals surface area (Å²) in [4.78, 5) is 6.56. The fourth-order valence-electron chi connectivity index (χ4n) is 2.83. The van der Waals surface area contributed by atoms with Gasteiger partial charge in [0.25, 0.3) is 10.2 Å². The summed E-state index contributed by atoms with van der Waals surface area (Å²) in [5.41, 5.74) is 0. The van der Waals surface area contributed by atoms with Crippen LogP contribution in [0.1, 0.15) is 39.4 Å². The molecular weight excluding hydrogens is 330 g/mol. The van der Waals surface area contributed by atoms with Crippen LogP contribution >= 0.6 is 0 Å². The molecule has 0 spiro atoms. The van der Waals surface area contributed by atoms with Crippen molar-refractivity contribution in [2.75, 3.05) is 39.3 Å². The predicted octanol–water partition coefficient (Wildman–Crippen LogP) is 0.972. The van der Waals surface area contributed by atoms with Crippen LogP contribution in [0.25, 0.3) is 0 Å².